The molecule has 0 spiro atoms. The van der Waals surface area contributed by atoms with Gasteiger partial charge in [-0.3, -0.25) is 9.59 Å². The summed E-state index contributed by atoms with van der Waals surface area (Å²) in [5, 5.41) is 2.74. The second-order valence-electron chi connectivity index (χ2n) is 4.56. The summed E-state index contributed by atoms with van der Waals surface area (Å²) in [5.41, 5.74) is 1.97. The minimum Gasteiger partial charge on any atom is -0.326 e. The molecule has 3 heteroatoms. The monoisotopic (exact) mass is 277 g/mol. The normalized spacial score (nSPS) is 9.67. The van der Waals surface area contributed by atoms with Gasteiger partial charge in [0.25, 0.3) is 0 Å². The van der Waals surface area contributed by atoms with E-state index in [0.29, 0.717) is 16.8 Å². The number of hydrogen-bond donors (Lipinski definition) is 1. The van der Waals surface area contributed by atoms with Crippen LogP contribution < -0.4 is 5.32 Å². The molecule has 0 aliphatic heterocycles. The van der Waals surface area contributed by atoms with Gasteiger partial charge in [0, 0.05) is 29.7 Å². The van der Waals surface area contributed by atoms with Crippen molar-refractivity contribution in [3.63, 3.8) is 0 Å². The minimum absolute atomic E-state index is 0.0388. The highest BCUT2D eigenvalue weighted by molar-refractivity contribution is 6.00. The first kappa shape index (κ1) is 14.5. The highest BCUT2D eigenvalue weighted by atomic mass is 16.2. The largest absolute Gasteiger partial charge is 0.326 e. The van der Waals surface area contributed by atoms with Gasteiger partial charge in [0.15, 0.2) is 5.78 Å². The van der Waals surface area contributed by atoms with Crippen LogP contribution in [0.5, 0.6) is 0 Å². The van der Waals surface area contributed by atoms with Gasteiger partial charge in [-0.15, -0.1) is 6.42 Å². The second-order valence-corrected chi connectivity index (χ2v) is 4.56. The van der Waals surface area contributed by atoms with E-state index in [-0.39, 0.29) is 24.5 Å². The summed E-state index contributed by atoms with van der Waals surface area (Å²) < 4.78 is 0. The lowest BCUT2D eigenvalue weighted by Gasteiger charge is -2.05. The molecule has 3 nitrogen and oxygen atoms in total. The average Bonchev–Trinajstić information content (AvgIpc) is 2.53. The number of carbonyl (C=O) groups excluding carboxylic acids is 2. The highest BCUT2D eigenvalue weighted by Crippen LogP contribution is 2.11. The summed E-state index contributed by atoms with van der Waals surface area (Å²) in [5.74, 6) is 2.27. The SMILES string of the molecule is C#Cc1cccc(NC(=O)CCC(=O)c2ccccc2)c1. The number of nitrogens with one attached hydrogen (secondary N) is 1. The molecule has 2 aromatic rings. The Morgan fingerprint density at radius 3 is 2.48 bits per heavy atom. The van der Waals surface area contributed by atoms with Crippen molar-refractivity contribution in [1.29, 1.82) is 0 Å². The molecule has 1 amide bonds. The molecule has 21 heavy (non-hydrogen) atoms. The summed E-state index contributed by atoms with van der Waals surface area (Å²) in [6.07, 6.45) is 5.64. The fourth-order valence-corrected chi connectivity index (χ4v) is 1.91. The number of carbonyl (C=O) groups is 2. The zero-order valence-corrected chi connectivity index (χ0v) is 11.5. The van der Waals surface area contributed by atoms with Crippen molar-refractivity contribution in [1.82, 2.24) is 0 Å². The van der Waals surface area contributed by atoms with Gasteiger partial charge in [-0.1, -0.05) is 42.3 Å². The third kappa shape index (κ3) is 4.32. The van der Waals surface area contributed by atoms with Gasteiger partial charge in [-0.25, -0.2) is 0 Å². The Morgan fingerprint density at radius 2 is 1.76 bits per heavy atom. The maximum absolute atomic E-state index is 11.9. The van der Waals surface area contributed by atoms with Crippen molar-refractivity contribution in [3.05, 3.63) is 65.7 Å². The van der Waals surface area contributed by atoms with Crippen molar-refractivity contribution in [3.8, 4) is 12.3 Å². The van der Waals surface area contributed by atoms with Crippen molar-refractivity contribution >= 4 is 17.4 Å². The molecule has 0 heterocycles. The number of rotatable bonds is 5. The van der Waals surface area contributed by atoms with Crippen LogP contribution in [0, 0.1) is 12.3 Å². The molecule has 0 saturated carbocycles. The minimum atomic E-state index is -0.201. The fourth-order valence-electron chi connectivity index (χ4n) is 1.91. The first-order valence-corrected chi connectivity index (χ1v) is 6.64. The number of amides is 1. The lowest BCUT2D eigenvalue weighted by Crippen LogP contribution is -2.13. The zero-order chi connectivity index (χ0) is 15.1. The van der Waals surface area contributed by atoms with Crippen LogP contribution in [0.4, 0.5) is 5.69 Å². The van der Waals surface area contributed by atoms with Gasteiger partial charge < -0.3 is 5.32 Å². The van der Waals surface area contributed by atoms with Crippen LogP contribution in [0.25, 0.3) is 0 Å². The van der Waals surface area contributed by atoms with Gasteiger partial charge in [0.1, 0.15) is 0 Å². The van der Waals surface area contributed by atoms with E-state index >= 15 is 0 Å². The molecule has 0 aromatic heterocycles. The number of Topliss-reactive ketones (excluding diaryl/α,β-unsaturated/α-hetero) is 1. The first-order valence-electron chi connectivity index (χ1n) is 6.64. The Hall–Kier alpha value is -2.86. The van der Waals surface area contributed by atoms with Gasteiger partial charge in [-0.2, -0.15) is 0 Å². The van der Waals surface area contributed by atoms with E-state index in [4.69, 9.17) is 6.42 Å². The molecular formula is C18H15NO2. The third-order valence-electron chi connectivity index (χ3n) is 2.99. The molecule has 0 saturated heterocycles. The van der Waals surface area contributed by atoms with Crippen molar-refractivity contribution in [2.75, 3.05) is 5.32 Å². The number of hydrogen-bond acceptors (Lipinski definition) is 2. The lowest BCUT2D eigenvalue weighted by molar-refractivity contribution is -0.116. The van der Waals surface area contributed by atoms with E-state index in [2.05, 4.69) is 11.2 Å². The van der Waals surface area contributed by atoms with E-state index in [0.717, 1.165) is 0 Å². The van der Waals surface area contributed by atoms with Crippen LogP contribution in [-0.4, -0.2) is 11.7 Å². The van der Waals surface area contributed by atoms with Crippen molar-refractivity contribution < 1.29 is 9.59 Å². The molecule has 2 aromatic carbocycles. The van der Waals surface area contributed by atoms with E-state index in [1.165, 1.54) is 0 Å². The summed E-state index contributed by atoms with van der Waals surface area (Å²) in [6.45, 7) is 0. The molecule has 104 valence electrons. The molecule has 2 rings (SSSR count). The van der Waals surface area contributed by atoms with E-state index < -0.39 is 0 Å². The van der Waals surface area contributed by atoms with Gasteiger partial charge in [0.05, 0.1) is 0 Å². The Balaban J connectivity index is 1.88. The van der Waals surface area contributed by atoms with E-state index in [1.807, 2.05) is 6.07 Å². The standard InChI is InChI=1S/C18H15NO2/c1-2-14-7-6-10-16(13-14)19-18(21)12-11-17(20)15-8-4-3-5-9-15/h1,3-10,13H,11-12H2,(H,19,21). The number of ketones is 1. The third-order valence-corrected chi connectivity index (χ3v) is 2.99. The van der Waals surface area contributed by atoms with E-state index in [1.54, 1.807) is 48.5 Å². The van der Waals surface area contributed by atoms with Crippen LogP contribution >= 0.6 is 0 Å². The molecule has 0 aliphatic rings. The van der Waals surface area contributed by atoms with Crippen molar-refractivity contribution in [2.45, 2.75) is 12.8 Å². The number of terminal acetylenes is 1. The Bertz CT molecular complexity index is 684. The van der Waals surface area contributed by atoms with Crippen LogP contribution in [0.3, 0.4) is 0 Å². The quantitative estimate of drug-likeness (QED) is 0.673. The molecule has 0 radical (unpaired) electrons. The van der Waals surface area contributed by atoms with Crippen LogP contribution in [-0.2, 0) is 4.79 Å². The lowest BCUT2D eigenvalue weighted by atomic mass is 10.1. The molecule has 0 bridgehead atoms. The highest BCUT2D eigenvalue weighted by Gasteiger charge is 2.09. The molecule has 1 N–H and O–H groups in total. The van der Waals surface area contributed by atoms with Gasteiger partial charge in [0.2, 0.25) is 5.91 Å². The predicted molar refractivity (Wildman–Crippen MR) is 83.0 cm³/mol. The Labute approximate surface area is 124 Å². The second kappa shape index (κ2) is 7.06. The number of anilines is 1. The smallest absolute Gasteiger partial charge is 0.224 e. The zero-order valence-electron chi connectivity index (χ0n) is 11.5. The van der Waals surface area contributed by atoms with Crippen LogP contribution in [0.2, 0.25) is 0 Å². The Kier molecular flexibility index (Phi) is 4.89. The average molecular weight is 277 g/mol. The maximum Gasteiger partial charge on any atom is 0.224 e. The number of benzene rings is 2. The van der Waals surface area contributed by atoms with Crippen LogP contribution in [0.1, 0.15) is 28.8 Å². The van der Waals surface area contributed by atoms with Crippen molar-refractivity contribution in [2.24, 2.45) is 0 Å². The van der Waals surface area contributed by atoms with Gasteiger partial charge in [-0.05, 0) is 18.2 Å². The molecule has 0 unspecified atom stereocenters. The van der Waals surface area contributed by atoms with Crippen LogP contribution in [0.15, 0.2) is 54.6 Å². The summed E-state index contributed by atoms with van der Waals surface area (Å²) >= 11 is 0. The fraction of sp³-hybridized carbons (Fsp3) is 0.111. The predicted octanol–water partition coefficient (Wildman–Crippen LogP) is 3.27. The molecule has 0 fully saturated rings. The molecule has 0 aliphatic carbocycles. The van der Waals surface area contributed by atoms with E-state index in [9.17, 15) is 9.59 Å². The summed E-state index contributed by atoms with van der Waals surface area (Å²) in [6, 6.07) is 16.0. The summed E-state index contributed by atoms with van der Waals surface area (Å²) in [4.78, 5) is 23.7. The summed E-state index contributed by atoms with van der Waals surface area (Å²) in [7, 11) is 0. The first-order chi connectivity index (χ1) is 10.2. The molecular weight excluding hydrogens is 262 g/mol. The maximum atomic E-state index is 11.9. The topological polar surface area (TPSA) is 46.2 Å². The van der Waals surface area contributed by atoms with Gasteiger partial charge >= 0.3 is 0 Å². The Morgan fingerprint density at radius 1 is 1.00 bits per heavy atom. The molecule has 0 atom stereocenters.